The van der Waals surface area contributed by atoms with Gasteiger partial charge in [-0.3, -0.25) is 9.20 Å². The van der Waals surface area contributed by atoms with E-state index in [0.29, 0.717) is 11.2 Å². The molecule has 0 spiro atoms. The summed E-state index contributed by atoms with van der Waals surface area (Å²) in [4.78, 5) is 32.3. The van der Waals surface area contributed by atoms with Crippen LogP contribution in [0.5, 0.6) is 0 Å². The van der Waals surface area contributed by atoms with Gasteiger partial charge in [0.25, 0.3) is 0 Å². The second kappa shape index (κ2) is 8.20. The van der Waals surface area contributed by atoms with Crippen LogP contribution in [-0.4, -0.2) is 63.3 Å². The highest BCUT2D eigenvalue weighted by molar-refractivity contribution is 7.09. The third kappa shape index (κ3) is 3.65. The van der Waals surface area contributed by atoms with Crippen molar-refractivity contribution in [1.29, 1.82) is 0 Å². The number of carbonyl (C=O) groups is 1. The summed E-state index contributed by atoms with van der Waals surface area (Å²) >= 11 is 1.50. The number of fused-ring (bicyclic) bond motifs is 5. The van der Waals surface area contributed by atoms with Crippen LogP contribution in [-0.2, 0) is 6.42 Å². The maximum Gasteiger partial charge on any atom is 0.173 e. The van der Waals surface area contributed by atoms with Crippen LogP contribution in [0.2, 0.25) is 0 Å². The Labute approximate surface area is 195 Å². The third-order valence-electron chi connectivity index (χ3n) is 6.34. The van der Waals surface area contributed by atoms with Crippen molar-refractivity contribution in [3.8, 4) is 0 Å². The van der Waals surface area contributed by atoms with Crippen LogP contribution >= 0.6 is 11.3 Å². The van der Waals surface area contributed by atoms with Crippen LogP contribution in [0.15, 0.2) is 54.0 Å². The van der Waals surface area contributed by atoms with Gasteiger partial charge in [0.1, 0.15) is 16.5 Å². The van der Waals surface area contributed by atoms with E-state index < -0.39 is 0 Å². The molecule has 33 heavy (non-hydrogen) atoms. The molecule has 166 valence electrons. The first-order chi connectivity index (χ1) is 16.2. The predicted octanol–water partition coefficient (Wildman–Crippen LogP) is 4.06. The number of hydrogen-bond donors (Lipinski definition) is 0. The van der Waals surface area contributed by atoms with Crippen LogP contribution in [0.25, 0.3) is 27.7 Å². The van der Waals surface area contributed by atoms with E-state index in [1.54, 1.807) is 6.20 Å². The fourth-order valence-electron chi connectivity index (χ4n) is 4.61. The van der Waals surface area contributed by atoms with Gasteiger partial charge in [-0.15, -0.1) is 11.3 Å². The Morgan fingerprint density at radius 1 is 1.03 bits per heavy atom. The minimum atomic E-state index is 0.0202. The van der Waals surface area contributed by atoms with Gasteiger partial charge in [-0.05, 0) is 50.3 Å². The van der Waals surface area contributed by atoms with E-state index in [-0.39, 0.29) is 12.2 Å². The highest BCUT2D eigenvalue weighted by Gasteiger charge is 2.21. The Bertz CT molecular complexity index is 1480. The van der Waals surface area contributed by atoms with Gasteiger partial charge in [0, 0.05) is 36.6 Å². The largest absolute Gasteiger partial charge is 0.355 e. The number of para-hydroxylation sites is 2. The number of rotatable bonds is 4. The Balaban J connectivity index is 1.54. The lowest BCUT2D eigenvalue weighted by atomic mass is 10.1. The molecule has 4 aromatic heterocycles. The van der Waals surface area contributed by atoms with Gasteiger partial charge >= 0.3 is 0 Å². The Morgan fingerprint density at radius 2 is 1.94 bits per heavy atom. The Kier molecular flexibility index (Phi) is 5.04. The normalized spacial score (nSPS) is 15.5. The molecule has 5 heterocycles. The molecular weight excluding hydrogens is 432 g/mol. The monoisotopic (exact) mass is 456 g/mol. The average Bonchev–Trinajstić information content (AvgIpc) is 3.42. The molecule has 0 N–H and O–H groups in total. The summed E-state index contributed by atoms with van der Waals surface area (Å²) in [5.74, 6) is 0.991. The van der Waals surface area contributed by atoms with Crippen molar-refractivity contribution in [3.05, 3.63) is 64.6 Å². The number of benzene rings is 1. The van der Waals surface area contributed by atoms with Crippen LogP contribution in [0.1, 0.15) is 21.8 Å². The fraction of sp³-hybridized carbons (Fsp3) is 0.280. The number of nitrogens with zero attached hydrogens (tertiary/aromatic N) is 6. The first-order valence-corrected chi connectivity index (χ1v) is 12.1. The predicted molar refractivity (Wildman–Crippen MR) is 132 cm³/mol. The van der Waals surface area contributed by atoms with Crippen LogP contribution in [0.3, 0.4) is 0 Å². The van der Waals surface area contributed by atoms with Gasteiger partial charge in [0.2, 0.25) is 0 Å². The molecule has 0 amide bonds. The zero-order valence-electron chi connectivity index (χ0n) is 18.4. The number of Topliss-reactive ketones (excluding diaryl/α,β-unsaturated/α-hetero) is 1. The van der Waals surface area contributed by atoms with E-state index in [9.17, 15) is 4.79 Å². The molecule has 1 aromatic carbocycles. The smallest absolute Gasteiger partial charge is 0.173 e. The molecule has 0 aliphatic carbocycles. The molecule has 0 saturated carbocycles. The maximum absolute atomic E-state index is 13.3. The lowest BCUT2D eigenvalue weighted by molar-refractivity contribution is 0.0994. The van der Waals surface area contributed by atoms with E-state index in [1.165, 1.54) is 11.3 Å². The summed E-state index contributed by atoms with van der Waals surface area (Å²) in [6, 6.07) is 14.1. The number of thiazole rings is 1. The number of ketones is 1. The van der Waals surface area contributed by atoms with Gasteiger partial charge in [0.05, 0.1) is 23.0 Å². The summed E-state index contributed by atoms with van der Waals surface area (Å²) in [6.45, 7) is 4.06. The van der Waals surface area contributed by atoms with Crippen molar-refractivity contribution >= 4 is 50.7 Å². The molecule has 8 heteroatoms. The molecule has 0 atom stereocenters. The Hall–Kier alpha value is -3.36. The number of anilines is 1. The summed E-state index contributed by atoms with van der Waals surface area (Å²) in [5.41, 5.74) is 3.92. The van der Waals surface area contributed by atoms with E-state index >= 15 is 0 Å². The van der Waals surface area contributed by atoms with Gasteiger partial charge in [-0.25, -0.2) is 15.0 Å². The van der Waals surface area contributed by atoms with Gasteiger partial charge < -0.3 is 9.80 Å². The molecule has 0 unspecified atom stereocenters. The number of aromatic nitrogens is 4. The molecule has 1 aliphatic heterocycles. The molecule has 1 saturated heterocycles. The standard InChI is InChI=1S/C25H24N6OS/c1-29-10-4-11-30(13-12-29)22-8-7-17-15-18(21(32)16-23-26-9-14-33-23)25-27-19-5-2-3-6-20(19)31(25)24(17)28-22/h2-3,5-9,14-15H,4,10-13,16H2,1H3. The molecule has 7 nitrogen and oxygen atoms in total. The van der Waals surface area contributed by atoms with Crippen molar-refractivity contribution in [2.75, 3.05) is 38.1 Å². The van der Waals surface area contributed by atoms with Crippen molar-refractivity contribution in [2.24, 2.45) is 0 Å². The topological polar surface area (TPSA) is 66.6 Å². The van der Waals surface area contributed by atoms with Crippen molar-refractivity contribution in [1.82, 2.24) is 24.3 Å². The molecule has 0 bridgehead atoms. The van der Waals surface area contributed by atoms with Crippen molar-refractivity contribution in [3.63, 3.8) is 0 Å². The first-order valence-electron chi connectivity index (χ1n) is 11.2. The molecular formula is C25H24N6OS. The van der Waals surface area contributed by atoms with Gasteiger partial charge in [0.15, 0.2) is 11.4 Å². The minimum absolute atomic E-state index is 0.0202. The van der Waals surface area contributed by atoms with E-state index in [0.717, 1.165) is 65.5 Å². The second-order valence-electron chi connectivity index (χ2n) is 8.57. The Morgan fingerprint density at radius 3 is 2.82 bits per heavy atom. The van der Waals surface area contributed by atoms with Crippen LogP contribution < -0.4 is 4.90 Å². The first kappa shape index (κ1) is 20.3. The highest BCUT2D eigenvalue weighted by Crippen LogP contribution is 2.28. The maximum atomic E-state index is 13.3. The average molecular weight is 457 g/mol. The number of likely N-dealkylation sites (N-methyl/N-ethyl adjacent to an activating group) is 1. The lowest BCUT2D eigenvalue weighted by Crippen LogP contribution is -2.29. The summed E-state index contributed by atoms with van der Waals surface area (Å²) < 4.78 is 2.05. The molecule has 5 aromatic rings. The van der Waals surface area contributed by atoms with Crippen LogP contribution in [0, 0.1) is 0 Å². The van der Waals surface area contributed by atoms with Crippen molar-refractivity contribution < 1.29 is 4.79 Å². The second-order valence-corrected chi connectivity index (χ2v) is 9.55. The molecule has 0 radical (unpaired) electrons. The van der Waals surface area contributed by atoms with E-state index in [1.807, 2.05) is 40.1 Å². The number of pyridine rings is 2. The fourth-order valence-corrected chi connectivity index (χ4v) is 5.23. The van der Waals surface area contributed by atoms with Crippen LogP contribution in [0.4, 0.5) is 5.82 Å². The number of imidazole rings is 1. The number of carbonyl (C=O) groups excluding carboxylic acids is 1. The zero-order valence-corrected chi connectivity index (χ0v) is 19.3. The summed E-state index contributed by atoms with van der Waals surface area (Å²) in [7, 11) is 2.17. The highest BCUT2D eigenvalue weighted by atomic mass is 32.1. The van der Waals surface area contributed by atoms with Gasteiger partial charge in [-0.2, -0.15) is 0 Å². The summed E-state index contributed by atoms with van der Waals surface area (Å²) in [5, 5.41) is 3.65. The molecule has 1 aliphatic rings. The van der Waals surface area contributed by atoms with E-state index in [4.69, 9.17) is 9.97 Å². The summed E-state index contributed by atoms with van der Waals surface area (Å²) in [6.07, 6.45) is 3.12. The van der Waals surface area contributed by atoms with Crippen molar-refractivity contribution in [2.45, 2.75) is 12.8 Å². The third-order valence-corrected chi connectivity index (χ3v) is 7.12. The quantitative estimate of drug-likeness (QED) is 0.380. The van der Waals surface area contributed by atoms with E-state index in [2.05, 4.69) is 34.0 Å². The molecule has 1 fully saturated rings. The number of hydrogen-bond acceptors (Lipinski definition) is 7. The zero-order chi connectivity index (χ0) is 22.4. The molecule has 6 rings (SSSR count). The SMILES string of the molecule is CN1CCCN(c2ccc3cc(C(=O)Cc4nccs4)c4nc5ccccc5n4c3n2)CC1. The minimum Gasteiger partial charge on any atom is -0.355 e. The van der Waals surface area contributed by atoms with Gasteiger partial charge in [-0.1, -0.05) is 12.1 Å². The lowest BCUT2D eigenvalue weighted by Gasteiger charge is -2.22.